The van der Waals surface area contributed by atoms with Crippen LogP contribution in [0.3, 0.4) is 0 Å². The van der Waals surface area contributed by atoms with Crippen molar-refractivity contribution in [3.63, 3.8) is 0 Å². The van der Waals surface area contributed by atoms with Crippen molar-refractivity contribution in [2.75, 3.05) is 25.5 Å². The summed E-state index contributed by atoms with van der Waals surface area (Å²) in [5.41, 5.74) is 1.03. The number of nitro benzene ring substituents is 1. The van der Waals surface area contributed by atoms with E-state index in [0.717, 1.165) is 23.8 Å². The third-order valence-corrected chi connectivity index (χ3v) is 6.82. The van der Waals surface area contributed by atoms with Crippen LogP contribution in [0.25, 0.3) is 0 Å². The number of carbonyl (C=O) groups excluding carboxylic acids is 1. The van der Waals surface area contributed by atoms with Crippen LogP contribution in [-0.4, -0.2) is 40.0 Å². The zero-order valence-corrected chi connectivity index (χ0v) is 20.4. The van der Waals surface area contributed by atoms with E-state index in [2.05, 4.69) is 10.0 Å². The minimum atomic E-state index is -4.19. The minimum absolute atomic E-state index is 0.159. The van der Waals surface area contributed by atoms with E-state index < -0.39 is 25.5 Å². The van der Waals surface area contributed by atoms with Gasteiger partial charge in [0, 0.05) is 29.9 Å². The summed E-state index contributed by atoms with van der Waals surface area (Å²) in [5.74, 6) is 0.881. The average Bonchev–Trinajstić information content (AvgIpc) is 2.84. The second-order valence-electron chi connectivity index (χ2n) is 7.25. The van der Waals surface area contributed by atoms with Gasteiger partial charge in [0.25, 0.3) is 21.6 Å². The van der Waals surface area contributed by atoms with Crippen molar-refractivity contribution >= 4 is 38.9 Å². The summed E-state index contributed by atoms with van der Waals surface area (Å²) in [6.07, 6.45) is 0.563. The molecule has 0 unspecified atom stereocenters. The number of carbonyl (C=O) groups is 1. The Bertz CT molecular complexity index is 1350. The molecular weight excluding hydrogens is 498 g/mol. The van der Waals surface area contributed by atoms with Crippen LogP contribution in [-0.2, 0) is 16.4 Å². The van der Waals surface area contributed by atoms with Gasteiger partial charge in [-0.25, -0.2) is 8.42 Å². The molecule has 0 aromatic heterocycles. The van der Waals surface area contributed by atoms with Crippen LogP contribution >= 0.6 is 11.6 Å². The predicted octanol–water partition coefficient (Wildman–Crippen LogP) is 4.04. The van der Waals surface area contributed by atoms with Gasteiger partial charge in [-0.2, -0.15) is 0 Å². The normalized spacial score (nSPS) is 10.9. The van der Waals surface area contributed by atoms with Crippen molar-refractivity contribution in [3.8, 4) is 11.5 Å². The number of nitrogens with one attached hydrogen (secondary N) is 2. The SMILES string of the molecule is COc1ccc(CCNC(=O)c2ccc(NS(=O)(=O)c3cc([N+](=O)[O-])ccc3Cl)cc2)cc1OC. The minimum Gasteiger partial charge on any atom is -0.493 e. The molecule has 0 saturated carbocycles. The third-order valence-electron chi connectivity index (χ3n) is 4.96. The predicted molar refractivity (Wildman–Crippen MR) is 131 cm³/mol. The van der Waals surface area contributed by atoms with Crippen LogP contribution in [0.5, 0.6) is 11.5 Å². The molecule has 0 fully saturated rings. The highest BCUT2D eigenvalue weighted by molar-refractivity contribution is 7.92. The lowest BCUT2D eigenvalue weighted by Crippen LogP contribution is -2.25. The molecule has 0 bridgehead atoms. The lowest BCUT2D eigenvalue weighted by atomic mass is 10.1. The first-order valence-electron chi connectivity index (χ1n) is 10.2. The molecular formula is C23H22ClN3O7S. The first-order valence-corrected chi connectivity index (χ1v) is 12.1. The standard InChI is InChI=1S/C23H22ClN3O7S/c1-33-20-10-3-15(13-21(20)34-2)11-12-25-23(28)16-4-6-17(7-5-16)26-35(31,32)22-14-18(27(29)30)8-9-19(22)24/h3-10,13-14,26H,11-12H2,1-2H3,(H,25,28). The fourth-order valence-corrected chi connectivity index (χ4v) is 4.75. The number of anilines is 1. The Hall–Kier alpha value is -3.83. The second-order valence-corrected chi connectivity index (χ2v) is 9.31. The maximum Gasteiger partial charge on any atom is 0.270 e. The van der Waals surface area contributed by atoms with Crippen LogP contribution in [0, 0.1) is 10.1 Å². The monoisotopic (exact) mass is 519 g/mol. The van der Waals surface area contributed by atoms with Crippen LogP contribution in [0.15, 0.2) is 65.6 Å². The van der Waals surface area contributed by atoms with Gasteiger partial charge >= 0.3 is 0 Å². The molecule has 1 amide bonds. The van der Waals surface area contributed by atoms with E-state index in [4.69, 9.17) is 21.1 Å². The topological polar surface area (TPSA) is 137 Å². The number of nitro groups is 1. The molecule has 0 atom stereocenters. The maximum absolute atomic E-state index is 12.7. The zero-order chi connectivity index (χ0) is 25.6. The second kappa shape index (κ2) is 11.1. The fourth-order valence-electron chi connectivity index (χ4n) is 3.17. The molecule has 35 heavy (non-hydrogen) atoms. The van der Waals surface area contributed by atoms with Gasteiger partial charge in [0.2, 0.25) is 0 Å². The number of non-ortho nitro benzene ring substituents is 1. The van der Waals surface area contributed by atoms with Crippen molar-refractivity contribution in [2.24, 2.45) is 0 Å². The third kappa shape index (κ3) is 6.40. The molecule has 2 N–H and O–H groups in total. The fraction of sp³-hybridized carbons (Fsp3) is 0.174. The molecule has 0 saturated heterocycles. The Morgan fingerprint density at radius 1 is 1.00 bits per heavy atom. The zero-order valence-electron chi connectivity index (χ0n) is 18.8. The Kier molecular flexibility index (Phi) is 8.15. The number of methoxy groups -OCH3 is 2. The van der Waals surface area contributed by atoms with Gasteiger partial charge in [-0.1, -0.05) is 17.7 Å². The van der Waals surface area contributed by atoms with Gasteiger partial charge in [0.05, 0.1) is 24.2 Å². The van der Waals surface area contributed by atoms with Crippen molar-refractivity contribution in [1.29, 1.82) is 0 Å². The van der Waals surface area contributed by atoms with E-state index in [1.807, 2.05) is 12.1 Å². The molecule has 3 rings (SSSR count). The summed E-state index contributed by atoms with van der Waals surface area (Å²) >= 11 is 5.94. The number of rotatable bonds is 10. The van der Waals surface area contributed by atoms with Gasteiger partial charge < -0.3 is 14.8 Å². The number of hydrogen-bond acceptors (Lipinski definition) is 7. The van der Waals surface area contributed by atoms with Crippen LogP contribution in [0.1, 0.15) is 15.9 Å². The molecule has 10 nitrogen and oxygen atoms in total. The summed E-state index contributed by atoms with van der Waals surface area (Å²) < 4.78 is 38.1. The summed E-state index contributed by atoms with van der Waals surface area (Å²) in [6.45, 7) is 0.369. The number of halogens is 1. The van der Waals surface area contributed by atoms with E-state index in [-0.39, 0.29) is 16.6 Å². The first-order chi connectivity index (χ1) is 16.6. The van der Waals surface area contributed by atoms with E-state index in [1.54, 1.807) is 20.3 Å². The van der Waals surface area contributed by atoms with Gasteiger partial charge in [-0.05, 0) is 54.4 Å². The Balaban J connectivity index is 1.62. The van der Waals surface area contributed by atoms with Crippen LogP contribution in [0.2, 0.25) is 5.02 Å². The average molecular weight is 520 g/mol. The van der Waals surface area contributed by atoms with Crippen molar-refractivity contribution in [2.45, 2.75) is 11.3 Å². The van der Waals surface area contributed by atoms with Crippen molar-refractivity contribution in [3.05, 3.63) is 86.9 Å². The quantitative estimate of drug-likeness (QED) is 0.304. The molecule has 3 aromatic rings. The maximum atomic E-state index is 12.7. The number of amides is 1. The van der Waals surface area contributed by atoms with Gasteiger partial charge in [-0.15, -0.1) is 0 Å². The molecule has 12 heteroatoms. The highest BCUT2D eigenvalue weighted by atomic mass is 35.5. The number of sulfonamides is 1. The van der Waals surface area contributed by atoms with Gasteiger partial charge in [0.15, 0.2) is 11.5 Å². The number of hydrogen-bond donors (Lipinski definition) is 2. The molecule has 3 aromatic carbocycles. The molecule has 0 aliphatic rings. The molecule has 0 aliphatic heterocycles. The highest BCUT2D eigenvalue weighted by Gasteiger charge is 2.22. The first kappa shape index (κ1) is 25.8. The van der Waals surface area contributed by atoms with Crippen molar-refractivity contribution < 1.29 is 27.6 Å². The molecule has 0 spiro atoms. The Morgan fingerprint density at radius 2 is 1.69 bits per heavy atom. The Morgan fingerprint density at radius 3 is 2.31 bits per heavy atom. The van der Waals surface area contributed by atoms with Crippen LogP contribution in [0.4, 0.5) is 11.4 Å². The van der Waals surface area contributed by atoms with E-state index in [9.17, 15) is 23.3 Å². The summed E-state index contributed by atoms with van der Waals surface area (Å²) in [5, 5.41) is 13.6. The van der Waals surface area contributed by atoms with Gasteiger partial charge in [-0.3, -0.25) is 19.6 Å². The molecule has 184 valence electrons. The van der Waals surface area contributed by atoms with Crippen LogP contribution < -0.4 is 19.5 Å². The van der Waals surface area contributed by atoms with Crippen molar-refractivity contribution in [1.82, 2.24) is 5.32 Å². The number of benzene rings is 3. The Labute approximate surface area is 207 Å². The highest BCUT2D eigenvalue weighted by Crippen LogP contribution is 2.29. The van der Waals surface area contributed by atoms with E-state index in [1.165, 1.54) is 24.3 Å². The summed E-state index contributed by atoms with van der Waals surface area (Å²) in [6, 6.07) is 14.4. The lowest BCUT2D eigenvalue weighted by molar-refractivity contribution is -0.385. The van der Waals surface area contributed by atoms with E-state index >= 15 is 0 Å². The summed E-state index contributed by atoms with van der Waals surface area (Å²) in [7, 11) is -1.10. The summed E-state index contributed by atoms with van der Waals surface area (Å²) in [4.78, 5) is 22.3. The lowest BCUT2D eigenvalue weighted by Gasteiger charge is -2.11. The molecule has 0 heterocycles. The smallest absolute Gasteiger partial charge is 0.270 e. The van der Waals surface area contributed by atoms with E-state index in [0.29, 0.717) is 30.0 Å². The number of nitrogens with zero attached hydrogens (tertiary/aromatic N) is 1. The molecule has 0 aliphatic carbocycles. The largest absolute Gasteiger partial charge is 0.493 e. The molecule has 0 radical (unpaired) electrons. The number of ether oxygens (including phenoxy) is 2. The van der Waals surface area contributed by atoms with Gasteiger partial charge in [0.1, 0.15) is 4.90 Å².